The number of aryl methyl sites for hydroxylation is 1. The van der Waals surface area contributed by atoms with Crippen molar-refractivity contribution in [3.05, 3.63) is 29.3 Å². The fourth-order valence-corrected chi connectivity index (χ4v) is 2.87. The van der Waals surface area contributed by atoms with Crippen LogP contribution in [0.1, 0.15) is 43.9 Å². The van der Waals surface area contributed by atoms with Crippen molar-refractivity contribution >= 4 is 0 Å². The zero-order valence-corrected chi connectivity index (χ0v) is 13.0. The molecule has 0 fully saturated rings. The summed E-state index contributed by atoms with van der Waals surface area (Å²) in [4.78, 5) is 0. The first-order valence-corrected chi connectivity index (χ1v) is 6.95. The van der Waals surface area contributed by atoms with Crippen molar-refractivity contribution in [2.75, 3.05) is 21.3 Å². The van der Waals surface area contributed by atoms with Gasteiger partial charge >= 0.3 is 0 Å². The number of benzene rings is 1. The Hall–Kier alpha value is -1.06. The Bertz CT molecular complexity index is 391. The Labute approximate surface area is 117 Å². The van der Waals surface area contributed by atoms with Gasteiger partial charge < -0.3 is 14.8 Å². The van der Waals surface area contributed by atoms with E-state index >= 15 is 0 Å². The molecule has 0 saturated heterocycles. The quantitative estimate of drug-likeness (QED) is 0.819. The van der Waals surface area contributed by atoms with Crippen LogP contribution in [0, 0.1) is 6.92 Å². The molecule has 1 rings (SSSR count). The highest BCUT2D eigenvalue weighted by atomic mass is 16.5. The summed E-state index contributed by atoms with van der Waals surface area (Å²) in [7, 11) is 5.49. The largest absolute Gasteiger partial charge is 0.497 e. The van der Waals surface area contributed by atoms with Gasteiger partial charge in [0.15, 0.2) is 0 Å². The molecule has 0 heterocycles. The van der Waals surface area contributed by atoms with Crippen molar-refractivity contribution in [1.82, 2.24) is 5.32 Å². The van der Waals surface area contributed by atoms with Crippen LogP contribution in [0.5, 0.6) is 5.75 Å². The molecule has 0 amide bonds. The van der Waals surface area contributed by atoms with Gasteiger partial charge in [0, 0.05) is 7.11 Å². The maximum Gasteiger partial charge on any atom is 0.119 e. The third kappa shape index (κ3) is 3.10. The van der Waals surface area contributed by atoms with Crippen LogP contribution in [-0.4, -0.2) is 26.9 Å². The Morgan fingerprint density at radius 2 is 1.84 bits per heavy atom. The lowest BCUT2D eigenvalue weighted by molar-refractivity contribution is -0.0469. The van der Waals surface area contributed by atoms with E-state index in [1.165, 1.54) is 11.1 Å². The molecule has 0 aromatic heterocycles. The first-order valence-electron chi connectivity index (χ1n) is 6.95. The topological polar surface area (TPSA) is 30.5 Å². The molecular weight excluding hydrogens is 238 g/mol. The van der Waals surface area contributed by atoms with Crippen molar-refractivity contribution in [3.63, 3.8) is 0 Å². The SMILES string of the molecule is CCC(CC)(OC)C(NC)c1ccc(OC)cc1C. The summed E-state index contributed by atoms with van der Waals surface area (Å²) in [5.41, 5.74) is 2.32. The van der Waals surface area contributed by atoms with Crippen molar-refractivity contribution in [1.29, 1.82) is 0 Å². The lowest BCUT2D eigenvalue weighted by Crippen LogP contribution is -2.44. The van der Waals surface area contributed by atoms with Gasteiger partial charge in [0.25, 0.3) is 0 Å². The van der Waals surface area contributed by atoms with Gasteiger partial charge in [-0.05, 0) is 50.1 Å². The average Bonchev–Trinajstić information content (AvgIpc) is 2.45. The molecule has 1 aromatic rings. The Morgan fingerprint density at radius 1 is 1.21 bits per heavy atom. The normalized spacial score (nSPS) is 13.4. The minimum absolute atomic E-state index is 0.173. The van der Waals surface area contributed by atoms with Gasteiger partial charge in [0.2, 0.25) is 0 Å². The molecule has 1 aromatic carbocycles. The van der Waals surface area contributed by atoms with Gasteiger partial charge in [-0.2, -0.15) is 0 Å². The monoisotopic (exact) mass is 265 g/mol. The molecule has 0 bridgehead atoms. The number of methoxy groups -OCH3 is 2. The van der Waals surface area contributed by atoms with Gasteiger partial charge in [0.05, 0.1) is 18.8 Å². The summed E-state index contributed by atoms with van der Waals surface area (Å²) < 4.78 is 11.1. The first-order chi connectivity index (χ1) is 9.08. The zero-order valence-electron chi connectivity index (χ0n) is 13.0. The second-order valence-corrected chi connectivity index (χ2v) is 4.92. The van der Waals surface area contributed by atoms with E-state index in [4.69, 9.17) is 9.47 Å². The molecule has 3 heteroatoms. The zero-order chi connectivity index (χ0) is 14.5. The predicted molar refractivity (Wildman–Crippen MR) is 79.9 cm³/mol. The molecule has 1 unspecified atom stereocenters. The summed E-state index contributed by atoms with van der Waals surface area (Å²) >= 11 is 0. The molecule has 1 atom stereocenters. The van der Waals surface area contributed by atoms with Gasteiger partial charge in [-0.1, -0.05) is 19.9 Å². The highest BCUT2D eigenvalue weighted by Gasteiger charge is 2.36. The van der Waals surface area contributed by atoms with Crippen molar-refractivity contribution in [3.8, 4) is 5.75 Å². The van der Waals surface area contributed by atoms with Crippen LogP contribution in [0.4, 0.5) is 0 Å². The van der Waals surface area contributed by atoms with Crippen LogP contribution < -0.4 is 10.1 Å². The van der Waals surface area contributed by atoms with Crippen LogP contribution in [-0.2, 0) is 4.74 Å². The lowest BCUT2D eigenvalue weighted by atomic mass is 9.82. The maximum atomic E-state index is 5.86. The van der Waals surface area contributed by atoms with Gasteiger partial charge in [-0.15, -0.1) is 0 Å². The summed E-state index contributed by atoms with van der Waals surface area (Å²) in [6.07, 6.45) is 1.94. The average molecular weight is 265 g/mol. The van der Waals surface area contributed by atoms with Crippen molar-refractivity contribution < 1.29 is 9.47 Å². The molecule has 19 heavy (non-hydrogen) atoms. The highest BCUT2D eigenvalue weighted by molar-refractivity contribution is 5.38. The predicted octanol–water partition coefficient (Wildman–Crippen LogP) is 3.47. The number of hydrogen-bond donors (Lipinski definition) is 1. The van der Waals surface area contributed by atoms with E-state index in [9.17, 15) is 0 Å². The molecule has 1 N–H and O–H groups in total. The number of rotatable bonds is 7. The number of ether oxygens (including phenoxy) is 2. The van der Waals surface area contributed by atoms with E-state index < -0.39 is 0 Å². The highest BCUT2D eigenvalue weighted by Crippen LogP contribution is 2.36. The first kappa shape index (κ1) is 16.0. The van der Waals surface area contributed by atoms with Crippen LogP contribution in [0.2, 0.25) is 0 Å². The van der Waals surface area contributed by atoms with Crippen LogP contribution in [0.3, 0.4) is 0 Å². The van der Waals surface area contributed by atoms with Crippen LogP contribution >= 0.6 is 0 Å². The van der Waals surface area contributed by atoms with Crippen molar-refractivity contribution in [2.24, 2.45) is 0 Å². The summed E-state index contributed by atoms with van der Waals surface area (Å²) in [6.45, 7) is 6.47. The van der Waals surface area contributed by atoms with E-state index in [1.54, 1.807) is 14.2 Å². The van der Waals surface area contributed by atoms with E-state index in [1.807, 2.05) is 13.1 Å². The molecule has 0 saturated carbocycles. The fourth-order valence-electron chi connectivity index (χ4n) is 2.87. The molecule has 0 spiro atoms. The minimum atomic E-state index is -0.173. The molecule has 108 valence electrons. The van der Waals surface area contributed by atoms with Gasteiger partial charge in [-0.25, -0.2) is 0 Å². The second-order valence-electron chi connectivity index (χ2n) is 4.92. The summed E-state index contributed by atoms with van der Waals surface area (Å²) in [5, 5.41) is 3.42. The van der Waals surface area contributed by atoms with E-state index in [2.05, 4.69) is 38.2 Å². The Kier molecular flexibility index (Phi) is 5.83. The van der Waals surface area contributed by atoms with Crippen LogP contribution in [0.25, 0.3) is 0 Å². The van der Waals surface area contributed by atoms with E-state index in [0.717, 1.165) is 18.6 Å². The Balaban J connectivity index is 3.22. The standard InChI is InChI=1S/C16H27NO2/c1-7-16(8-2,19-6)15(17-4)14-10-9-13(18-5)11-12(14)3/h9-11,15,17H,7-8H2,1-6H3. The van der Waals surface area contributed by atoms with E-state index in [0.29, 0.717) is 0 Å². The smallest absolute Gasteiger partial charge is 0.119 e. The number of likely N-dealkylation sites (N-methyl/N-ethyl adjacent to an activating group) is 1. The van der Waals surface area contributed by atoms with E-state index in [-0.39, 0.29) is 11.6 Å². The van der Waals surface area contributed by atoms with Gasteiger partial charge in [-0.3, -0.25) is 0 Å². The molecule has 0 aliphatic carbocycles. The van der Waals surface area contributed by atoms with Gasteiger partial charge in [0.1, 0.15) is 5.75 Å². The third-order valence-corrected chi connectivity index (χ3v) is 4.21. The van der Waals surface area contributed by atoms with Crippen molar-refractivity contribution in [2.45, 2.75) is 45.3 Å². The molecular formula is C16H27NO2. The maximum absolute atomic E-state index is 5.86. The number of hydrogen-bond acceptors (Lipinski definition) is 3. The summed E-state index contributed by atoms with van der Waals surface area (Å²) in [5.74, 6) is 0.895. The second kappa shape index (κ2) is 6.92. The molecule has 0 radical (unpaired) electrons. The molecule has 3 nitrogen and oxygen atoms in total. The third-order valence-electron chi connectivity index (χ3n) is 4.21. The minimum Gasteiger partial charge on any atom is -0.497 e. The lowest BCUT2D eigenvalue weighted by Gasteiger charge is -2.39. The summed E-state index contributed by atoms with van der Waals surface area (Å²) in [6, 6.07) is 6.40. The fraction of sp³-hybridized carbons (Fsp3) is 0.625. The molecule has 0 aliphatic heterocycles. The Morgan fingerprint density at radius 3 is 2.21 bits per heavy atom. The van der Waals surface area contributed by atoms with Crippen LogP contribution in [0.15, 0.2) is 18.2 Å². The number of nitrogens with one attached hydrogen (secondary N) is 1. The molecule has 0 aliphatic rings.